The summed E-state index contributed by atoms with van der Waals surface area (Å²) in [5, 5.41) is 0. The Hall–Kier alpha value is -2.03. The lowest BCUT2D eigenvalue weighted by atomic mass is 10.0. The summed E-state index contributed by atoms with van der Waals surface area (Å²) in [6.45, 7) is 0. The fraction of sp³-hybridized carbons (Fsp3) is 0.357. The molecule has 0 fully saturated rings. The van der Waals surface area contributed by atoms with E-state index in [1.54, 1.807) is 0 Å². The molecule has 1 aromatic rings. The lowest BCUT2D eigenvalue weighted by molar-refractivity contribution is -0.145. The van der Waals surface area contributed by atoms with E-state index in [0.29, 0.717) is 18.9 Å². The molecule has 9 heteroatoms. The van der Waals surface area contributed by atoms with Crippen LogP contribution in [0.3, 0.4) is 0 Å². The Morgan fingerprint density at radius 3 is 2.48 bits per heavy atom. The molecule has 0 amide bonds. The SMILES string of the molecule is O=C1C=C(OS(=O)(=O)C(F)(F)F)CC(CCc2ccccc2)O1. The van der Waals surface area contributed by atoms with Gasteiger partial charge in [-0.25, -0.2) is 4.79 Å². The minimum Gasteiger partial charge on any atom is -0.459 e. The van der Waals surface area contributed by atoms with Crippen molar-refractivity contribution >= 4 is 16.1 Å². The summed E-state index contributed by atoms with van der Waals surface area (Å²) >= 11 is 0. The van der Waals surface area contributed by atoms with Crippen molar-refractivity contribution in [1.29, 1.82) is 0 Å². The summed E-state index contributed by atoms with van der Waals surface area (Å²) in [7, 11) is -5.79. The van der Waals surface area contributed by atoms with Gasteiger partial charge < -0.3 is 8.92 Å². The smallest absolute Gasteiger partial charge is 0.459 e. The van der Waals surface area contributed by atoms with Gasteiger partial charge in [-0.1, -0.05) is 30.3 Å². The molecular weight excluding hydrogens is 337 g/mol. The molecule has 2 rings (SSSR count). The second-order valence-corrected chi connectivity index (χ2v) is 6.42. The van der Waals surface area contributed by atoms with Crippen molar-refractivity contribution in [1.82, 2.24) is 0 Å². The van der Waals surface area contributed by atoms with Crippen molar-refractivity contribution in [3.05, 3.63) is 47.7 Å². The van der Waals surface area contributed by atoms with Gasteiger partial charge in [0.25, 0.3) is 0 Å². The average Bonchev–Trinajstić information content (AvgIpc) is 2.44. The van der Waals surface area contributed by atoms with Gasteiger partial charge in [0.2, 0.25) is 0 Å². The molecule has 0 saturated heterocycles. The normalized spacial score (nSPS) is 19.0. The third-order valence-electron chi connectivity index (χ3n) is 3.09. The van der Waals surface area contributed by atoms with Crippen LogP contribution in [0, 0.1) is 0 Å². The molecule has 0 radical (unpaired) electrons. The number of carbonyl (C=O) groups is 1. The monoisotopic (exact) mass is 350 g/mol. The molecule has 0 bridgehead atoms. The molecule has 1 aromatic carbocycles. The predicted octanol–water partition coefficient (Wildman–Crippen LogP) is 2.68. The maximum absolute atomic E-state index is 12.3. The first kappa shape index (κ1) is 17.3. The number of aryl methyl sites for hydroxylation is 1. The van der Waals surface area contributed by atoms with E-state index in [1.807, 2.05) is 30.3 Å². The average molecular weight is 350 g/mol. The van der Waals surface area contributed by atoms with Crippen LogP contribution in [0.15, 0.2) is 42.2 Å². The van der Waals surface area contributed by atoms with E-state index < -0.39 is 33.5 Å². The van der Waals surface area contributed by atoms with Crippen molar-refractivity contribution in [2.45, 2.75) is 30.9 Å². The number of halogens is 3. The van der Waals surface area contributed by atoms with Crippen LogP contribution in [-0.2, 0) is 30.3 Å². The molecule has 126 valence electrons. The van der Waals surface area contributed by atoms with Crippen molar-refractivity contribution in [2.24, 2.45) is 0 Å². The number of hydrogen-bond donors (Lipinski definition) is 0. The number of esters is 1. The lowest BCUT2D eigenvalue weighted by Gasteiger charge is -2.23. The summed E-state index contributed by atoms with van der Waals surface area (Å²) in [4.78, 5) is 11.4. The van der Waals surface area contributed by atoms with Gasteiger partial charge in [-0.05, 0) is 18.4 Å². The zero-order valence-electron chi connectivity index (χ0n) is 11.7. The van der Waals surface area contributed by atoms with Gasteiger partial charge in [0.15, 0.2) is 0 Å². The maximum atomic E-state index is 12.3. The van der Waals surface area contributed by atoms with Crippen LogP contribution in [0.4, 0.5) is 13.2 Å². The first-order chi connectivity index (χ1) is 10.7. The first-order valence-corrected chi connectivity index (χ1v) is 8.04. The summed E-state index contributed by atoms with van der Waals surface area (Å²) in [6, 6.07) is 9.19. The van der Waals surface area contributed by atoms with Crippen LogP contribution < -0.4 is 0 Å². The topological polar surface area (TPSA) is 69.7 Å². The Labute approximate surface area is 130 Å². The van der Waals surface area contributed by atoms with Crippen LogP contribution >= 0.6 is 0 Å². The van der Waals surface area contributed by atoms with Gasteiger partial charge in [0.1, 0.15) is 11.9 Å². The van der Waals surface area contributed by atoms with Crippen molar-refractivity contribution in [2.75, 3.05) is 0 Å². The number of rotatable bonds is 5. The number of cyclic esters (lactones) is 1. The van der Waals surface area contributed by atoms with Gasteiger partial charge in [-0.3, -0.25) is 0 Å². The Morgan fingerprint density at radius 2 is 1.87 bits per heavy atom. The molecule has 1 atom stereocenters. The van der Waals surface area contributed by atoms with E-state index in [2.05, 4.69) is 4.18 Å². The molecule has 1 aliphatic heterocycles. The van der Waals surface area contributed by atoms with Gasteiger partial charge in [0, 0.05) is 6.42 Å². The van der Waals surface area contributed by atoms with E-state index >= 15 is 0 Å². The van der Waals surface area contributed by atoms with Gasteiger partial charge in [-0.2, -0.15) is 21.6 Å². The fourth-order valence-electron chi connectivity index (χ4n) is 2.03. The molecule has 1 heterocycles. The van der Waals surface area contributed by atoms with Crippen molar-refractivity contribution in [3.8, 4) is 0 Å². The largest absolute Gasteiger partial charge is 0.534 e. The fourth-order valence-corrected chi connectivity index (χ4v) is 2.53. The number of benzene rings is 1. The van der Waals surface area contributed by atoms with E-state index in [9.17, 15) is 26.4 Å². The van der Waals surface area contributed by atoms with E-state index in [1.165, 1.54) is 0 Å². The zero-order valence-corrected chi connectivity index (χ0v) is 12.6. The van der Waals surface area contributed by atoms with E-state index in [0.717, 1.165) is 5.56 Å². The third kappa shape index (κ3) is 4.72. The molecule has 5 nitrogen and oxygen atoms in total. The van der Waals surface area contributed by atoms with E-state index in [-0.39, 0.29) is 6.42 Å². The van der Waals surface area contributed by atoms with Crippen LogP contribution in [-0.4, -0.2) is 26.0 Å². The molecule has 0 aromatic heterocycles. The number of ether oxygens (including phenoxy) is 1. The number of carbonyl (C=O) groups excluding carboxylic acids is 1. The predicted molar refractivity (Wildman–Crippen MR) is 73.4 cm³/mol. The minimum absolute atomic E-state index is 0.228. The summed E-state index contributed by atoms with van der Waals surface area (Å²) in [6.07, 6.45) is 0.503. The quantitative estimate of drug-likeness (QED) is 0.464. The van der Waals surface area contributed by atoms with Crippen molar-refractivity contribution in [3.63, 3.8) is 0 Å². The Morgan fingerprint density at radius 1 is 1.22 bits per heavy atom. The Balaban J connectivity index is 2.00. The molecule has 0 saturated carbocycles. The second-order valence-electron chi connectivity index (χ2n) is 4.88. The lowest BCUT2D eigenvalue weighted by Crippen LogP contribution is -2.29. The van der Waals surface area contributed by atoms with Gasteiger partial charge >= 0.3 is 21.6 Å². The van der Waals surface area contributed by atoms with Gasteiger partial charge in [-0.15, -0.1) is 0 Å². The Kier molecular flexibility index (Phi) is 4.98. The van der Waals surface area contributed by atoms with Crippen molar-refractivity contribution < 1.29 is 35.3 Å². The summed E-state index contributed by atoms with van der Waals surface area (Å²) in [5.74, 6) is -1.50. The summed E-state index contributed by atoms with van der Waals surface area (Å²) in [5.41, 5.74) is -4.59. The van der Waals surface area contributed by atoms with Crippen LogP contribution in [0.5, 0.6) is 0 Å². The van der Waals surface area contributed by atoms with Crippen LogP contribution in [0.25, 0.3) is 0 Å². The van der Waals surface area contributed by atoms with E-state index in [4.69, 9.17) is 4.74 Å². The third-order valence-corrected chi connectivity index (χ3v) is 4.09. The molecule has 1 unspecified atom stereocenters. The second kappa shape index (κ2) is 6.61. The molecule has 23 heavy (non-hydrogen) atoms. The maximum Gasteiger partial charge on any atom is 0.534 e. The minimum atomic E-state index is -5.79. The molecule has 0 N–H and O–H groups in total. The standard InChI is InChI=1S/C14H13F3O5S/c15-14(16,17)23(19,20)22-12-8-11(21-13(18)9-12)7-6-10-4-2-1-3-5-10/h1-5,9,11H,6-8H2. The molecular formula is C14H13F3O5S. The first-order valence-electron chi connectivity index (χ1n) is 6.63. The number of hydrogen-bond acceptors (Lipinski definition) is 5. The number of alkyl halides is 3. The molecule has 0 aliphatic carbocycles. The zero-order chi connectivity index (χ0) is 17.1. The summed E-state index contributed by atoms with van der Waals surface area (Å²) < 4.78 is 67.8. The van der Waals surface area contributed by atoms with Crippen LogP contribution in [0.1, 0.15) is 18.4 Å². The van der Waals surface area contributed by atoms with Crippen LogP contribution in [0.2, 0.25) is 0 Å². The highest BCUT2D eigenvalue weighted by molar-refractivity contribution is 7.87. The highest BCUT2D eigenvalue weighted by Gasteiger charge is 2.49. The molecule has 0 spiro atoms. The Bertz CT molecular complexity index is 695. The van der Waals surface area contributed by atoms with Gasteiger partial charge in [0.05, 0.1) is 6.08 Å². The highest BCUT2D eigenvalue weighted by Crippen LogP contribution is 2.30. The molecule has 1 aliphatic rings. The highest BCUT2D eigenvalue weighted by atomic mass is 32.2.